The molecule has 0 radical (unpaired) electrons. The number of fused-ring (bicyclic) bond motifs is 1. The Kier molecular flexibility index (Phi) is 10.9. The van der Waals surface area contributed by atoms with E-state index in [9.17, 15) is 9.59 Å². The van der Waals surface area contributed by atoms with E-state index in [1.54, 1.807) is 6.20 Å². The molecule has 0 aliphatic carbocycles. The van der Waals surface area contributed by atoms with E-state index in [-0.39, 0.29) is 11.8 Å². The van der Waals surface area contributed by atoms with Gasteiger partial charge in [-0.3, -0.25) is 14.6 Å². The van der Waals surface area contributed by atoms with E-state index in [0.29, 0.717) is 38.0 Å². The van der Waals surface area contributed by atoms with Gasteiger partial charge < -0.3 is 32.7 Å². The number of hydrogen-bond donors (Lipinski definition) is 6. The van der Waals surface area contributed by atoms with Crippen LogP contribution in [0.4, 0.5) is 11.4 Å². The van der Waals surface area contributed by atoms with Gasteiger partial charge >= 0.3 is 0 Å². The highest BCUT2D eigenvalue weighted by atomic mass is 16.2. The number of anilines is 1. The third-order valence-electron chi connectivity index (χ3n) is 7.10. The van der Waals surface area contributed by atoms with Crippen LogP contribution >= 0.6 is 0 Å². The molecule has 0 bridgehead atoms. The van der Waals surface area contributed by atoms with Crippen LogP contribution in [0.2, 0.25) is 0 Å². The van der Waals surface area contributed by atoms with Crippen molar-refractivity contribution in [3.63, 3.8) is 0 Å². The third-order valence-corrected chi connectivity index (χ3v) is 7.10. The molecule has 3 aromatic carbocycles. The van der Waals surface area contributed by atoms with Crippen LogP contribution in [-0.2, 0) is 22.4 Å². The van der Waals surface area contributed by atoms with E-state index in [1.165, 1.54) is 4.90 Å². The van der Waals surface area contributed by atoms with E-state index >= 15 is 0 Å². The summed E-state index contributed by atoms with van der Waals surface area (Å²) >= 11 is 0. The molecule has 0 saturated heterocycles. The second kappa shape index (κ2) is 15.0. The van der Waals surface area contributed by atoms with Crippen LogP contribution in [0, 0.1) is 0 Å². The van der Waals surface area contributed by atoms with Crippen molar-refractivity contribution in [2.24, 2.45) is 17.2 Å². The monoisotopic (exact) mass is 554 g/mol. The molecule has 0 saturated carbocycles. The van der Waals surface area contributed by atoms with Crippen LogP contribution in [-0.4, -0.2) is 55.1 Å². The molecule has 2 amide bonds. The Hall–Kier alpha value is -4.15. The van der Waals surface area contributed by atoms with Gasteiger partial charge in [0.05, 0.1) is 36.5 Å². The van der Waals surface area contributed by atoms with Crippen molar-refractivity contribution in [3.05, 3.63) is 102 Å². The topological polar surface area (TPSA) is 154 Å². The first-order chi connectivity index (χ1) is 20.0. The number of hydrogen-bond acceptors (Lipinski definition) is 6. The average molecular weight is 555 g/mol. The minimum atomic E-state index is -0.813. The number of nitrogens with two attached hydrogens (primary N) is 3. The molecular weight excluding hydrogens is 514 g/mol. The fourth-order valence-electron chi connectivity index (χ4n) is 4.86. The molecule has 214 valence electrons. The summed E-state index contributed by atoms with van der Waals surface area (Å²) in [6.45, 7) is 2.72. The first kappa shape index (κ1) is 29.8. The van der Waals surface area contributed by atoms with Crippen molar-refractivity contribution in [1.82, 2.24) is 10.3 Å². The first-order valence-electron chi connectivity index (χ1n) is 14.1. The number of aromatic nitrogens is 1. The smallest absolute Gasteiger partial charge is 0.247 e. The van der Waals surface area contributed by atoms with Gasteiger partial charge in [0, 0.05) is 18.5 Å². The van der Waals surface area contributed by atoms with Gasteiger partial charge in [-0.2, -0.15) is 0 Å². The van der Waals surface area contributed by atoms with Gasteiger partial charge in [-0.1, -0.05) is 60.7 Å². The minimum Gasteiger partial charge on any atom is -0.343 e. The lowest BCUT2D eigenvalue weighted by atomic mass is 10.0. The normalized spacial score (nSPS) is 12.7. The zero-order valence-electron chi connectivity index (χ0n) is 23.3. The van der Waals surface area contributed by atoms with Gasteiger partial charge in [0.2, 0.25) is 11.8 Å². The van der Waals surface area contributed by atoms with Crippen molar-refractivity contribution in [3.8, 4) is 0 Å². The summed E-state index contributed by atoms with van der Waals surface area (Å²) in [6, 6.07) is 25.8. The van der Waals surface area contributed by atoms with Gasteiger partial charge in [0.15, 0.2) is 0 Å². The SMILES string of the molecule is NCC[NH+](CCN)c1ccc(C[C@H](N)C(=O)N[C@@H](CCc2ccccc2)C(=O)Nc2cnc3ccccc3c2)cc1. The molecule has 0 unspecified atom stereocenters. The molecule has 9 heteroatoms. The quantitative estimate of drug-likeness (QED) is 0.138. The molecule has 4 rings (SSSR count). The lowest BCUT2D eigenvalue weighted by molar-refractivity contribution is -0.829. The Morgan fingerprint density at radius 2 is 1.51 bits per heavy atom. The van der Waals surface area contributed by atoms with E-state index in [4.69, 9.17) is 17.2 Å². The maximum Gasteiger partial charge on any atom is 0.247 e. The van der Waals surface area contributed by atoms with Crippen molar-refractivity contribution >= 4 is 34.1 Å². The number of benzene rings is 3. The molecule has 9 N–H and O–H groups in total. The summed E-state index contributed by atoms with van der Waals surface area (Å²) < 4.78 is 0. The molecule has 0 aliphatic rings. The molecule has 4 aromatic rings. The molecule has 0 fully saturated rings. The van der Waals surface area contributed by atoms with Crippen LogP contribution < -0.4 is 32.7 Å². The Morgan fingerprint density at radius 1 is 0.829 bits per heavy atom. The molecule has 1 aromatic heterocycles. The van der Waals surface area contributed by atoms with Crippen molar-refractivity contribution in [1.29, 1.82) is 0 Å². The zero-order valence-corrected chi connectivity index (χ0v) is 23.3. The van der Waals surface area contributed by atoms with Crippen LogP contribution in [0.3, 0.4) is 0 Å². The van der Waals surface area contributed by atoms with Crippen molar-refractivity contribution in [2.75, 3.05) is 31.5 Å². The summed E-state index contributed by atoms with van der Waals surface area (Å²) in [6.07, 6.45) is 3.01. The Labute approximate surface area is 241 Å². The lowest BCUT2D eigenvalue weighted by Gasteiger charge is -2.21. The molecule has 1 heterocycles. The van der Waals surface area contributed by atoms with Gasteiger partial charge in [-0.15, -0.1) is 0 Å². The fraction of sp³-hybridized carbons (Fsp3) is 0.281. The number of rotatable bonds is 14. The molecule has 0 aliphatic heterocycles. The number of pyridine rings is 1. The number of para-hydroxylation sites is 1. The maximum atomic E-state index is 13.4. The number of nitrogens with one attached hydrogen (secondary N) is 3. The highest BCUT2D eigenvalue weighted by Gasteiger charge is 2.24. The number of quaternary nitrogens is 1. The lowest BCUT2D eigenvalue weighted by Crippen LogP contribution is -3.08. The average Bonchev–Trinajstić information content (AvgIpc) is 2.99. The maximum absolute atomic E-state index is 13.4. The number of amides is 2. The van der Waals surface area contributed by atoms with Gasteiger partial charge in [0.1, 0.15) is 11.7 Å². The molecule has 41 heavy (non-hydrogen) atoms. The van der Waals surface area contributed by atoms with Crippen molar-refractivity contribution in [2.45, 2.75) is 31.3 Å². The van der Waals surface area contributed by atoms with Gasteiger partial charge in [0.25, 0.3) is 0 Å². The molecule has 2 atom stereocenters. The predicted molar refractivity (Wildman–Crippen MR) is 164 cm³/mol. The number of nitrogens with zero attached hydrogens (tertiary/aromatic N) is 1. The van der Waals surface area contributed by atoms with Crippen LogP contribution in [0.1, 0.15) is 17.5 Å². The summed E-state index contributed by atoms with van der Waals surface area (Å²) in [5.74, 6) is -0.691. The Morgan fingerprint density at radius 3 is 2.22 bits per heavy atom. The van der Waals surface area contributed by atoms with Crippen LogP contribution in [0.5, 0.6) is 0 Å². The molecule has 9 nitrogen and oxygen atoms in total. The standard InChI is InChI=1S/C32H39N7O2/c33-16-18-39(19-17-34)27-13-10-24(11-14-27)20-28(35)31(40)38-30(15-12-23-6-2-1-3-7-23)32(41)37-26-21-25-8-4-5-9-29(25)36-22-26/h1-11,13-14,21-22,28,30H,12,15-20,33-35H2,(H,37,41)(H,38,40)/p+1/t28-,30-/m0/s1. The Bertz CT molecular complexity index is 1410. The summed E-state index contributed by atoms with van der Waals surface area (Å²) in [7, 11) is 0. The number of carbonyl (C=O) groups is 2. The zero-order chi connectivity index (χ0) is 29.0. The molecular formula is C32H40N7O2+. The van der Waals surface area contributed by atoms with Crippen LogP contribution in [0.15, 0.2) is 91.1 Å². The van der Waals surface area contributed by atoms with E-state index in [2.05, 4.69) is 15.6 Å². The third kappa shape index (κ3) is 8.67. The predicted octanol–water partition coefficient (Wildman–Crippen LogP) is 1.29. The molecule has 0 spiro atoms. The number of aryl methyl sites for hydroxylation is 1. The van der Waals surface area contributed by atoms with E-state index in [1.807, 2.05) is 84.9 Å². The van der Waals surface area contributed by atoms with Gasteiger partial charge in [-0.25, -0.2) is 0 Å². The minimum absolute atomic E-state index is 0.314. The highest BCUT2D eigenvalue weighted by molar-refractivity contribution is 5.99. The second-order valence-electron chi connectivity index (χ2n) is 10.2. The first-order valence-corrected chi connectivity index (χ1v) is 14.1. The van der Waals surface area contributed by atoms with E-state index in [0.717, 1.165) is 40.8 Å². The fourth-order valence-corrected chi connectivity index (χ4v) is 4.86. The largest absolute Gasteiger partial charge is 0.343 e. The Balaban J connectivity index is 1.42. The number of carbonyl (C=O) groups excluding carboxylic acids is 2. The highest BCUT2D eigenvalue weighted by Crippen LogP contribution is 2.17. The second-order valence-corrected chi connectivity index (χ2v) is 10.2. The van der Waals surface area contributed by atoms with E-state index < -0.39 is 12.1 Å². The summed E-state index contributed by atoms with van der Waals surface area (Å²) in [4.78, 5) is 32.2. The van der Waals surface area contributed by atoms with Crippen LogP contribution in [0.25, 0.3) is 10.9 Å². The summed E-state index contributed by atoms with van der Waals surface area (Å²) in [5.41, 5.74) is 22.3. The van der Waals surface area contributed by atoms with Crippen molar-refractivity contribution < 1.29 is 14.5 Å². The van der Waals surface area contributed by atoms with Gasteiger partial charge in [-0.05, 0) is 54.7 Å². The summed E-state index contributed by atoms with van der Waals surface area (Å²) in [5, 5.41) is 6.74.